The van der Waals surface area contributed by atoms with E-state index in [0.29, 0.717) is 52.3 Å². The van der Waals surface area contributed by atoms with Gasteiger partial charge in [0.1, 0.15) is 23.4 Å². The van der Waals surface area contributed by atoms with Crippen LogP contribution < -0.4 is 10.1 Å². The largest absolute Gasteiger partial charge is 0.464 e. The van der Waals surface area contributed by atoms with Crippen LogP contribution in [0.5, 0.6) is 5.75 Å². The molecule has 3 unspecified atom stereocenters. The molecule has 1 saturated heterocycles. The number of H-pyrrole nitrogens is 1. The van der Waals surface area contributed by atoms with Crippen LogP contribution in [0, 0.1) is 11.7 Å². The number of nitrogens with zero attached hydrogens (tertiary/aromatic N) is 3. The molecule has 0 radical (unpaired) electrons. The van der Waals surface area contributed by atoms with Crippen molar-refractivity contribution in [2.24, 2.45) is 5.92 Å². The first-order valence-electron chi connectivity index (χ1n) is 16.8. The van der Waals surface area contributed by atoms with Gasteiger partial charge in [0.25, 0.3) is 0 Å². The first kappa shape index (κ1) is 31.9. The van der Waals surface area contributed by atoms with Crippen LogP contribution >= 0.6 is 22.9 Å². The molecule has 2 aromatic carbocycles. The third kappa shape index (κ3) is 5.56. The number of benzene rings is 2. The van der Waals surface area contributed by atoms with Crippen LogP contribution in [-0.2, 0) is 9.53 Å². The Labute approximate surface area is 292 Å². The number of alkyl carbamates (subject to hydrolysis) is 1. The normalized spacial score (nSPS) is 19.3. The number of rotatable bonds is 7. The Balaban J connectivity index is 1.14. The number of halogens is 2. The molecule has 8 rings (SSSR count). The van der Waals surface area contributed by atoms with Crippen LogP contribution in [0.3, 0.4) is 0 Å². The molecule has 5 heterocycles. The average Bonchev–Trinajstić information content (AvgIpc) is 3.87. The van der Waals surface area contributed by atoms with Crippen LogP contribution in [0.4, 0.5) is 9.18 Å². The lowest BCUT2D eigenvalue weighted by Crippen LogP contribution is -2.51. The van der Waals surface area contributed by atoms with Crippen LogP contribution in [0.2, 0.25) is 5.02 Å². The first-order chi connectivity index (χ1) is 23.7. The molecular weight excluding hydrogens is 665 g/mol. The molecule has 3 atom stereocenters. The van der Waals surface area contributed by atoms with Gasteiger partial charge in [0.15, 0.2) is 0 Å². The number of thiophene rings is 1. The highest BCUT2D eigenvalue weighted by Crippen LogP contribution is 2.49. The van der Waals surface area contributed by atoms with Gasteiger partial charge in [-0.05, 0) is 86.1 Å². The van der Waals surface area contributed by atoms with E-state index in [-0.39, 0.29) is 17.9 Å². The van der Waals surface area contributed by atoms with Gasteiger partial charge >= 0.3 is 6.09 Å². The molecule has 2 N–H and O–H groups in total. The number of methoxy groups -OCH3 is 1. The fourth-order valence-corrected chi connectivity index (χ4v) is 8.73. The highest BCUT2D eigenvalue weighted by molar-refractivity contribution is 7.12. The molecule has 2 aliphatic heterocycles. The van der Waals surface area contributed by atoms with E-state index in [1.54, 1.807) is 22.4 Å². The van der Waals surface area contributed by atoms with E-state index in [9.17, 15) is 9.59 Å². The zero-order valence-corrected chi connectivity index (χ0v) is 29.0. The van der Waals surface area contributed by atoms with Gasteiger partial charge in [0.05, 0.1) is 46.7 Å². The van der Waals surface area contributed by atoms with Crippen molar-refractivity contribution in [2.45, 2.75) is 70.2 Å². The Hall–Kier alpha value is -4.35. The summed E-state index contributed by atoms with van der Waals surface area (Å²) in [6.07, 6.45) is 5.73. The lowest BCUT2D eigenvalue weighted by Gasteiger charge is -2.30. The maximum Gasteiger partial charge on any atom is 0.407 e. The summed E-state index contributed by atoms with van der Waals surface area (Å²) in [5.41, 5.74) is 3.26. The number of aromatic nitrogens is 3. The molecule has 3 aliphatic rings. The summed E-state index contributed by atoms with van der Waals surface area (Å²) in [6, 6.07) is 14.4. The Morgan fingerprint density at radius 3 is 2.67 bits per heavy atom. The molecule has 49 heavy (non-hydrogen) atoms. The fraction of sp³-hybridized carbons (Fsp3) is 0.378. The molecule has 3 aromatic heterocycles. The van der Waals surface area contributed by atoms with Crippen LogP contribution in [-0.4, -0.2) is 51.1 Å². The van der Waals surface area contributed by atoms with Gasteiger partial charge in [-0.2, -0.15) is 0 Å². The number of nitrogens with one attached hydrogen (secondary N) is 2. The number of imidazole rings is 1. The van der Waals surface area contributed by atoms with Crippen LogP contribution in [0.1, 0.15) is 79.7 Å². The second-order valence-corrected chi connectivity index (χ2v) is 15.1. The maximum absolute atomic E-state index is 16.3. The summed E-state index contributed by atoms with van der Waals surface area (Å²) in [5, 5.41) is 4.21. The number of carbonyl (C=O) groups is 2. The van der Waals surface area contributed by atoms with Crippen molar-refractivity contribution in [3.63, 3.8) is 0 Å². The Morgan fingerprint density at radius 2 is 1.92 bits per heavy atom. The maximum atomic E-state index is 16.3. The van der Waals surface area contributed by atoms with Gasteiger partial charge in [-0.1, -0.05) is 31.9 Å². The molecule has 12 heteroatoms. The summed E-state index contributed by atoms with van der Waals surface area (Å²) >= 11 is 8.15. The average molecular weight is 702 g/mol. The number of likely N-dealkylation sites (tertiary alicyclic amines) is 1. The molecule has 2 amide bonds. The van der Waals surface area contributed by atoms with Gasteiger partial charge in [-0.25, -0.2) is 14.2 Å². The van der Waals surface area contributed by atoms with Crippen molar-refractivity contribution >= 4 is 45.8 Å². The summed E-state index contributed by atoms with van der Waals surface area (Å²) in [4.78, 5) is 37.8. The second-order valence-electron chi connectivity index (χ2n) is 13.5. The third-order valence-corrected chi connectivity index (χ3v) is 11.6. The van der Waals surface area contributed by atoms with Crippen molar-refractivity contribution < 1.29 is 23.5 Å². The molecular formula is C37H37ClFN5O4S. The van der Waals surface area contributed by atoms with Gasteiger partial charge in [-0.15, -0.1) is 11.3 Å². The summed E-state index contributed by atoms with van der Waals surface area (Å²) in [5.74, 6) is 0.909. The number of ether oxygens (including phenoxy) is 2. The Morgan fingerprint density at radius 1 is 1.10 bits per heavy atom. The predicted octanol–water partition coefficient (Wildman–Crippen LogP) is 8.80. The molecule has 0 bridgehead atoms. The highest BCUT2D eigenvalue weighted by atomic mass is 35.5. The molecule has 1 saturated carbocycles. The lowest BCUT2D eigenvalue weighted by molar-refractivity contribution is -0.135. The van der Waals surface area contributed by atoms with E-state index in [0.717, 1.165) is 27.9 Å². The minimum Gasteiger partial charge on any atom is -0.464 e. The molecule has 0 spiro atoms. The zero-order valence-electron chi connectivity index (χ0n) is 27.5. The van der Waals surface area contributed by atoms with Crippen LogP contribution in [0.25, 0.3) is 33.4 Å². The monoisotopic (exact) mass is 701 g/mol. The topological polar surface area (TPSA) is 101 Å². The number of aromatic amines is 1. The zero-order chi connectivity index (χ0) is 34.0. The molecule has 2 fully saturated rings. The molecule has 1 aliphatic carbocycles. The quantitative estimate of drug-likeness (QED) is 0.177. The van der Waals surface area contributed by atoms with Crippen molar-refractivity contribution in [3.8, 4) is 28.3 Å². The third-order valence-electron chi connectivity index (χ3n) is 10.1. The standard InChI is InChI=1S/C37H37ClFN5O4S/c1-19(2)33(42-37(46)47-3)35(45)43-13-5-8-27(43)34-40-18-25(41-34)21-15-24(39)32-28-16-22-14-23(38)9-10-26(22)44(28)36(48-29(32)17-21)31-12-11-30(49-31)20-6-4-7-20/h9-12,14-20,27,33,36H,4-8,13H2,1-3H3,(H,40,41)(H,42,46). The summed E-state index contributed by atoms with van der Waals surface area (Å²) < 4.78 is 29.9. The number of amides is 2. The van der Waals surface area contributed by atoms with E-state index in [1.807, 2.05) is 44.2 Å². The number of hydrogen-bond donors (Lipinski definition) is 2. The lowest BCUT2D eigenvalue weighted by atomic mass is 9.84. The number of hydrogen-bond acceptors (Lipinski definition) is 6. The van der Waals surface area contributed by atoms with Crippen molar-refractivity contribution in [3.05, 3.63) is 81.1 Å². The van der Waals surface area contributed by atoms with E-state index in [1.165, 1.54) is 37.3 Å². The minimum atomic E-state index is -0.734. The SMILES string of the molecule is COC(=O)NC(C(=O)N1CCCC1c1ncc(-c2cc(F)c3c(c2)OC(c2ccc(C4CCC4)s2)n2c-3cc3cc(Cl)ccc32)[nH]1)C(C)C. The van der Waals surface area contributed by atoms with Gasteiger partial charge in [0, 0.05) is 27.4 Å². The number of fused-ring (bicyclic) bond motifs is 5. The fourth-order valence-electron chi connectivity index (χ4n) is 7.35. The van der Waals surface area contributed by atoms with Gasteiger partial charge in [0.2, 0.25) is 12.1 Å². The molecule has 254 valence electrons. The smallest absolute Gasteiger partial charge is 0.407 e. The van der Waals surface area contributed by atoms with E-state index in [4.69, 9.17) is 21.1 Å². The number of carbonyl (C=O) groups excluding carboxylic acids is 2. The van der Waals surface area contributed by atoms with E-state index < -0.39 is 24.2 Å². The van der Waals surface area contributed by atoms with E-state index >= 15 is 4.39 Å². The second kappa shape index (κ2) is 12.5. The Bertz CT molecular complexity index is 2080. The van der Waals surface area contributed by atoms with Gasteiger partial charge in [-0.3, -0.25) is 9.36 Å². The first-order valence-corrected chi connectivity index (χ1v) is 18.0. The van der Waals surface area contributed by atoms with E-state index in [2.05, 4.69) is 32.0 Å². The molecule has 5 aromatic rings. The predicted molar refractivity (Wildman–Crippen MR) is 187 cm³/mol. The highest BCUT2D eigenvalue weighted by Gasteiger charge is 2.38. The van der Waals surface area contributed by atoms with Crippen molar-refractivity contribution in [2.75, 3.05) is 13.7 Å². The van der Waals surface area contributed by atoms with Crippen LogP contribution in [0.15, 0.2) is 54.7 Å². The minimum absolute atomic E-state index is 0.142. The Kier molecular flexibility index (Phi) is 8.15. The van der Waals surface area contributed by atoms with Crippen molar-refractivity contribution in [1.82, 2.24) is 24.8 Å². The van der Waals surface area contributed by atoms with Gasteiger partial charge < -0.3 is 24.7 Å². The molecule has 9 nitrogen and oxygen atoms in total. The summed E-state index contributed by atoms with van der Waals surface area (Å²) in [7, 11) is 1.28. The summed E-state index contributed by atoms with van der Waals surface area (Å²) in [6.45, 7) is 4.30. The van der Waals surface area contributed by atoms with Crippen molar-refractivity contribution in [1.29, 1.82) is 0 Å².